The number of hydrogen-bond donors (Lipinski definition) is 0. The van der Waals surface area contributed by atoms with Crippen molar-refractivity contribution in [3.8, 4) is 11.3 Å². The van der Waals surface area contributed by atoms with Crippen LogP contribution >= 0.6 is 11.3 Å². The van der Waals surface area contributed by atoms with Gasteiger partial charge in [0.05, 0.1) is 5.69 Å². The molecule has 0 unspecified atom stereocenters. The lowest BCUT2D eigenvalue weighted by Crippen LogP contribution is -2.46. The van der Waals surface area contributed by atoms with Crippen molar-refractivity contribution in [1.82, 2.24) is 20.2 Å². The van der Waals surface area contributed by atoms with Crippen LogP contribution in [0.5, 0.6) is 0 Å². The molecule has 24 heavy (non-hydrogen) atoms. The molecule has 7 heteroatoms. The van der Waals surface area contributed by atoms with Gasteiger partial charge < -0.3 is 9.80 Å². The summed E-state index contributed by atoms with van der Waals surface area (Å²) < 4.78 is 0. The molecule has 0 atom stereocenters. The van der Waals surface area contributed by atoms with Gasteiger partial charge in [0.2, 0.25) is 5.13 Å². The number of aromatic nitrogens is 4. The fraction of sp³-hybridized carbons (Fsp3) is 0.294. The summed E-state index contributed by atoms with van der Waals surface area (Å²) in [7, 11) is 0. The molecule has 0 radical (unpaired) electrons. The lowest BCUT2D eigenvalue weighted by Gasteiger charge is -2.35. The van der Waals surface area contributed by atoms with E-state index >= 15 is 0 Å². The van der Waals surface area contributed by atoms with Gasteiger partial charge in [-0.15, -0.1) is 10.2 Å². The SMILES string of the molecule is Cc1nnc(N2CCN(c3cc(-c4ccccc4)ncn3)CC2)s1. The maximum absolute atomic E-state index is 4.46. The quantitative estimate of drug-likeness (QED) is 0.732. The zero-order valence-corrected chi connectivity index (χ0v) is 14.3. The Kier molecular flexibility index (Phi) is 4.08. The van der Waals surface area contributed by atoms with Crippen LogP contribution in [0.2, 0.25) is 0 Å². The molecule has 0 saturated carbocycles. The Morgan fingerprint density at radius 1 is 0.917 bits per heavy atom. The van der Waals surface area contributed by atoms with Gasteiger partial charge in [-0.1, -0.05) is 41.7 Å². The second-order valence-electron chi connectivity index (χ2n) is 5.71. The minimum absolute atomic E-state index is 0.921. The van der Waals surface area contributed by atoms with Crippen LogP contribution in [0.3, 0.4) is 0 Å². The summed E-state index contributed by atoms with van der Waals surface area (Å²) in [4.78, 5) is 13.5. The van der Waals surface area contributed by atoms with E-state index in [1.165, 1.54) is 0 Å². The van der Waals surface area contributed by atoms with E-state index in [0.29, 0.717) is 0 Å². The van der Waals surface area contributed by atoms with Crippen LogP contribution in [-0.4, -0.2) is 46.3 Å². The minimum Gasteiger partial charge on any atom is -0.353 e. The van der Waals surface area contributed by atoms with Gasteiger partial charge in [0.25, 0.3) is 0 Å². The molecule has 2 aromatic heterocycles. The Morgan fingerprint density at radius 2 is 1.67 bits per heavy atom. The lowest BCUT2D eigenvalue weighted by molar-refractivity contribution is 0.643. The van der Waals surface area contributed by atoms with E-state index in [2.05, 4.69) is 48.2 Å². The molecular weight excluding hydrogens is 320 g/mol. The average molecular weight is 338 g/mol. The highest BCUT2D eigenvalue weighted by Gasteiger charge is 2.21. The molecule has 3 aromatic rings. The van der Waals surface area contributed by atoms with Gasteiger partial charge in [-0.3, -0.25) is 0 Å². The molecule has 0 amide bonds. The first-order chi connectivity index (χ1) is 11.8. The summed E-state index contributed by atoms with van der Waals surface area (Å²) in [6.45, 7) is 5.69. The molecule has 1 fully saturated rings. The highest BCUT2D eigenvalue weighted by Crippen LogP contribution is 2.24. The maximum atomic E-state index is 4.46. The largest absolute Gasteiger partial charge is 0.353 e. The molecule has 1 saturated heterocycles. The van der Waals surface area contributed by atoms with E-state index in [9.17, 15) is 0 Å². The molecule has 0 spiro atoms. The van der Waals surface area contributed by atoms with Crippen molar-refractivity contribution in [2.24, 2.45) is 0 Å². The number of hydrogen-bond acceptors (Lipinski definition) is 7. The first-order valence-electron chi connectivity index (χ1n) is 7.97. The third-order valence-corrected chi connectivity index (χ3v) is 5.01. The minimum atomic E-state index is 0.921. The van der Waals surface area contributed by atoms with Crippen LogP contribution in [0.1, 0.15) is 5.01 Å². The van der Waals surface area contributed by atoms with Gasteiger partial charge in [-0.2, -0.15) is 0 Å². The topological polar surface area (TPSA) is 58.0 Å². The van der Waals surface area contributed by atoms with Gasteiger partial charge in [0.15, 0.2) is 0 Å². The van der Waals surface area contributed by atoms with Gasteiger partial charge in [-0.05, 0) is 6.92 Å². The second-order valence-corrected chi connectivity index (χ2v) is 6.87. The number of benzene rings is 1. The van der Waals surface area contributed by atoms with Crippen LogP contribution < -0.4 is 9.80 Å². The Balaban J connectivity index is 1.48. The first kappa shape index (κ1) is 15.0. The van der Waals surface area contributed by atoms with Crippen LogP contribution in [0.4, 0.5) is 10.9 Å². The monoisotopic (exact) mass is 338 g/mol. The second kappa shape index (κ2) is 6.52. The molecule has 4 rings (SSSR count). The lowest BCUT2D eigenvalue weighted by atomic mass is 10.1. The van der Waals surface area contributed by atoms with E-state index in [-0.39, 0.29) is 0 Å². The van der Waals surface area contributed by atoms with E-state index in [1.54, 1.807) is 17.7 Å². The van der Waals surface area contributed by atoms with E-state index < -0.39 is 0 Å². The molecule has 1 aromatic carbocycles. The third kappa shape index (κ3) is 3.07. The molecule has 1 aliphatic rings. The van der Waals surface area contributed by atoms with Gasteiger partial charge in [-0.25, -0.2) is 9.97 Å². The first-order valence-corrected chi connectivity index (χ1v) is 8.79. The maximum Gasteiger partial charge on any atom is 0.208 e. The van der Waals surface area contributed by atoms with Crippen LogP contribution in [0, 0.1) is 6.92 Å². The van der Waals surface area contributed by atoms with Crippen molar-refractivity contribution >= 4 is 22.3 Å². The van der Waals surface area contributed by atoms with Crippen LogP contribution in [-0.2, 0) is 0 Å². The molecule has 122 valence electrons. The highest BCUT2D eigenvalue weighted by atomic mass is 32.1. The molecule has 6 nitrogen and oxygen atoms in total. The zero-order valence-electron chi connectivity index (χ0n) is 13.5. The summed E-state index contributed by atoms with van der Waals surface area (Å²) in [5, 5.41) is 10.4. The normalized spacial score (nSPS) is 14.9. The third-order valence-electron chi connectivity index (χ3n) is 4.11. The summed E-state index contributed by atoms with van der Waals surface area (Å²) in [5.74, 6) is 0.983. The summed E-state index contributed by atoms with van der Waals surface area (Å²) >= 11 is 1.65. The molecule has 3 heterocycles. The number of piperazine rings is 1. The number of anilines is 2. The van der Waals surface area contributed by atoms with E-state index in [4.69, 9.17) is 0 Å². The van der Waals surface area contributed by atoms with Crippen molar-refractivity contribution in [3.63, 3.8) is 0 Å². The molecule has 0 aliphatic carbocycles. The Hall–Kier alpha value is -2.54. The molecular formula is C17H18N6S. The van der Waals surface area contributed by atoms with Crippen molar-refractivity contribution in [3.05, 3.63) is 47.7 Å². The average Bonchev–Trinajstić information content (AvgIpc) is 3.09. The van der Waals surface area contributed by atoms with E-state index in [0.717, 1.165) is 53.4 Å². The standard InChI is InChI=1S/C17H18N6S/c1-13-20-21-17(24-13)23-9-7-22(8-10-23)16-11-15(18-12-19-16)14-5-3-2-4-6-14/h2-6,11-12H,7-10H2,1H3. The number of aryl methyl sites for hydroxylation is 1. The number of nitrogens with zero attached hydrogens (tertiary/aromatic N) is 6. The van der Waals surface area contributed by atoms with E-state index in [1.807, 2.05) is 25.1 Å². The van der Waals surface area contributed by atoms with Crippen molar-refractivity contribution in [2.45, 2.75) is 6.92 Å². The molecule has 0 N–H and O–H groups in total. The predicted molar refractivity (Wildman–Crippen MR) is 96.5 cm³/mol. The zero-order chi connectivity index (χ0) is 16.4. The molecule has 0 bridgehead atoms. The fourth-order valence-corrected chi connectivity index (χ4v) is 3.57. The number of rotatable bonds is 3. The van der Waals surface area contributed by atoms with Crippen molar-refractivity contribution in [1.29, 1.82) is 0 Å². The van der Waals surface area contributed by atoms with Crippen LogP contribution in [0.25, 0.3) is 11.3 Å². The summed E-state index contributed by atoms with van der Waals surface area (Å²) in [5.41, 5.74) is 2.08. The summed E-state index contributed by atoms with van der Waals surface area (Å²) in [6.07, 6.45) is 1.65. The van der Waals surface area contributed by atoms with Crippen molar-refractivity contribution in [2.75, 3.05) is 36.0 Å². The fourth-order valence-electron chi connectivity index (χ4n) is 2.83. The smallest absolute Gasteiger partial charge is 0.208 e. The van der Waals surface area contributed by atoms with Crippen LogP contribution in [0.15, 0.2) is 42.7 Å². The van der Waals surface area contributed by atoms with Gasteiger partial charge in [0, 0.05) is 37.8 Å². The van der Waals surface area contributed by atoms with Crippen molar-refractivity contribution < 1.29 is 0 Å². The highest BCUT2D eigenvalue weighted by molar-refractivity contribution is 7.15. The molecule has 1 aliphatic heterocycles. The Labute approximate surface area is 144 Å². The van der Waals surface area contributed by atoms with Gasteiger partial charge >= 0.3 is 0 Å². The predicted octanol–water partition coefficient (Wildman–Crippen LogP) is 2.63. The summed E-state index contributed by atoms with van der Waals surface area (Å²) in [6, 6.07) is 12.3. The van der Waals surface area contributed by atoms with Gasteiger partial charge in [0.1, 0.15) is 17.2 Å². The Morgan fingerprint density at radius 3 is 2.38 bits per heavy atom. The Bertz CT molecular complexity index is 811.